The fourth-order valence-corrected chi connectivity index (χ4v) is 7.44. The van der Waals surface area contributed by atoms with Gasteiger partial charge in [0.05, 0.1) is 17.9 Å². The Hall–Kier alpha value is -1.90. The lowest BCUT2D eigenvalue weighted by atomic mass is 9.52. The molecule has 0 saturated heterocycles. The number of nitrogens with one attached hydrogen (secondary N) is 1. The Kier molecular flexibility index (Phi) is 6.27. The van der Waals surface area contributed by atoms with E-state index in [9.17, 15) is 9.90 Å². The van der Waals surface area contributed by atoms with Crippen molar-refractivity contribution in [1.82, 2.24) is 9.55 Å². The molecule has 0 spiro atoms. The lowest BCUT2D eigenvalue weighted by molar-refractivity contribution is -0.129. The fraction of sp³-hybridized carbons (Fsp3) is 0.692. The van der Waals surface area contributed by atoms with Crippen LogP contribution in [0.25, 0.3) is 11.0 Å². The number of ether oxygens (including phenoxy) is 2. The van der Waals surface area contributed by atoms with Crippen molar-refractivity contribution >= 4 is 30.8 Å². The number of aliphatic hydroxyl groups is 1. The van der Waals surface area contributed by atoms with E-state index in [1.165, 1.54) is 0 Å². The zero-order valence-electron chi connectivity index (χ0n) is 21.0. The summed E-state index contributed by atoms with van der Waals surface area (Å²) in [4.78, 5) is 17.5. The molecule has 2 heterocycles. The second kappa shape index (κ2) is 8.95. The van der Waals surface area contributed by atoms with E-state index in [0.717, 1.165) is 61.5 Å². The number of carbonyl (C=O) groups excluding carboxylic acids is 1. The molecule has 2 aromatic rings. The van der Waals surface area contributed by atoms with E-state index in [1.54, 1.807) is 6.20 Å². The maximum absolute atomic E-state index is 12.8. The molecule has 2 N–H and O–H groups in total. The third-order valence-electron chi connectivity index (χ3n) is 8.06. The number of fused-ring (bicyclic) bond motifs is 1. The van der Waals surface area contributed by atoms with Crippen molar-refractivity contribution in [3.63, 3.8) is 0 Å². The molecule has 4 aliphatic rings. The molecule has 0 amide bonds. The number of anilines is 1. The van der Waals surface area contributed by atoms with Gasteiger partial charge in [0.15, 0.2) is 0 Å². The molecule has 0 radical (unpaired) electrons. The summed E-state index contributed by atoms with van der Waals surface area (Å²) < 4.78 is 13.4. The Bertz CT molecular complexity index is 1050. The monoisotopic (exact) mass is 485 g/mol. The van der Waals surface area contributed by atoms with Gasteiger partial charge in [-0.25, -0.2) is 9.78 Å². The molecular weight excluding hydrogens is 446 g/mol. The van der Waals surface area contributed by atoms with Gasteiger partial charge in [-0.05, 0) is 68.9 Å². The van der Waals surface area contributed by atoms with Gasteiger partial charge in [0.2, 0.25) is 0 Å². The van der Waals surface area contributed by atoms with Crippen LogP contribution in [0.1, 0.15) is 49.4 Å². The molecule has 4 fully saturated rings. The maximum atomic E-state index is 12.8. The third kappa shape index (κ3) is 4.64. The van der Waals surface area contributed by atoms with Crippen LogP contribution >= 0.6 is 0 Å². The molecule has 0 aromatic carbocycles. The number of pyridine rings is 1. The summed E-state index contributed by atoms with van der Waals surface area (Å²) in [5, 5.41) is 15.7. The minimum absolute atomic E-state index is 0.256. The topological polar surface area (TPSA) is 85.6 Å². The van der Waals surface area contributed by atoms with Crippen molar-refractivity contribution in [3.05, 3.63) is 24.0 Å². The second-order valence-electron chi connectivity index (χ2n) is 12.0. The summed E-state index contributed by atoms with van der Waals surface area (Å²) >= 11 is 0. The van der Waals surface area contributed by atoms with Crippen LogP contribution in [-0.4, -0.2) is 53.6 Å². The Balaban J connectivity index is 1.42. The van der Waals surface area contributed by atoms with Gasteiger partial charge in [-0.3, -0.25) is 0 Å². The van der Waals surface area contributed by atoms with Crippen LogP contribution in [-0.2, 0) is 16.2 Å². The van der Waals surface area contributed by atoms with Crippen molar-refractivity contribution in [1.29, 1.82) is 0 Å². The summed E-state index contributed by atoms with van der Waals surface area (Å²) in [6.07, 6.45) is 8.62. The van der Waals surface area contributed by atoms with E-state index in [4.69, 9.17) is 9.47 Å². The molecule has 4 bridgehead atoms. The average molecular weight is 486 g/mol. The van der Waals surface area contributed by atoms with Crippen molar-refractivity contribution in [2.75, 3.05) is 18.5 Å². The smallest absolute Gasteiger partial charge is 0.341 e. The van der Waals surface area contributed by atoms with Crippen LogP contribution in [0.4, 0.5) is 5.69 Å². The molecule has 2 atom stereocenters. The SMILES string of the molecule is CCOC(=O)c1cnc2c(ccn2COCC[Si](C)(C)C)c1NC1C2CC3CC1CC(O)(C3)C2. The van der Waals surface area contributed by atoms with Gasteiger partial charge in [-0.15, -0.1) is 0 Å². The number of aromatic nitrogens is 2. The summed E-state index contributed by atoms with van der Waals surface area (Å²) in [5.74, 6) is 1.15. The Morgan fingerprint density at radius 3 is 2.65 bits per heavy atom. The fourth-order valence-electron chi connectivity index (χ4n) is 6.69. The lowest BCUT2D eigenvalue weighted by Gasteiger charge is -2.58. The van der Waals surface area contributed by atoms with E-state index >= 15 is 0 Å². The predicted molar refractivity (Wildman–Crippen MR) is 136 cm³/mol. The summed E-state index contributed by atoms with van der Waals surface area (Å²) in [7, 11) is -1.14. The van der Waals surface area contributed by atoms with E-state index in [1.807, 2.05) is 23.8 Å². The Morgan fingerprint density at radius 2 is 2.00 bits per heavy atom. The van der Waals surface area contributed by atoms with Gasteiger partial charge in [-0.1, -0.05) is 19.6 Å². The number of carbonyl (C=O) groups is 1. The summed E-state index contributed by atoms with van der Waals surface area (Å²) in [5.41, 5.74) is 1.63. The van der Waals surface area contributed by atoms with Crippen LogP contribution in [0.15, 0.2) is 18.5 Å². The third-order valence-corrected chi connectivity index (χ3v) is 9.77. The van der Waals surface area contributed by atoms with Crippen LogP contribution in [0, 0.1) is 17.8 Å². The van der Waals surface area contributed by atoms with Crippen molar-refractivity contribution < 1.29 is 19.4 Å². The first-order valence-electron chi connectivity index (χ1n) is 12.9. The van der Waals surface area contributed by atoms with Crippen molar-refractivity contribution in [2.24, 2.45) is 17.8 Å². The standard InChI is InChI=1S/C26H39N3O4Si/c1-5-33-25(30)21-15-27-24-20(6-7-29(24)16-32-8-9-34(2,3)4)23(21)28-22-18-10-17-11-19(22)14-26(31,12-17)13-18/h6-7,15,17-19,22,31H,5,8-14,16H2,1-4H3,(H,27,28). The van der Waals surface area contributed by atoms with E-state index in [0.29, 0.717) is 36.7 Å². The van der Waals surface area contributed by atoms with Crippen molar-refractivity contribution in [2.45, 2.75) is 83.1 Å². The maximum Gasteiger partial charge on any atom is 0.341 e. The molecule has 4 aliphatic carbocycles. The molecule has 0 aliphatic heterocycles. The minimum atomic E-state index is -1.14. The predicted octanol–water partition coefficient (Wildman–Crippen LogP) is 4.88. The lowest BCUT2D eigenvalue weighted by Crippen LogP contribution is -2.59. The molecule has 34 heavy (non-hydrogen) atoms. The highest BCUT2D eigenvalue weighted by atomic mass is 28.3. The molecule has 2 aromatic heterocycles. The number of hydrogen-bond acceptors (Lipinski definition) is 6. The van der Waals surface area contributed by atoms with Gasteiger partial charge in [0.25, 0.3) is 0 Å². The molecule has 7 nitrogen and oxygen atoms in total. The first-order chi connectivity index (χ1) is 16.2. The summed E-state index contributed by atoms with van der Waals surface area (Å²) in [6, 6.07) is 3.41. The quantitative estimate of drug-likeness (QED) is 0.299. The van der Waals surface area contributed by atoms with Gasteiger partial charge >= 0.3 is 5.97 Å². The highest BCUT2D eigenvalue weighted by molar-refractivity contribution is 6.76. The zero-order chi connectivity index (χ0) is 24.1. The van der Waals surface area contributed by atoms with Gasteiger partial charge in [0.1, 0.15) is 17.9 Å². The minimum Gasteiger partial charge on any atom is -0.462 e. The Labute approximate surface area is 203 Å². The van der Waals surface area contributed by atoms with Gasteiger partial charge < -0.3 is 24.5 Å². The van der Waals surface area contributed by atoms with Crippen LogP contribution < -0.4 is 5.32 Å². The van der Waals surface area contributed by atoms with Gasteiger partial charge in [0, 0.05) is 38.5 Å². The molecule has 8 heteroatoms. The molecule has 4 saturated carbocycles. The van der Waals surface area contributed by atoms with E-state index < -0.39 is 13.7 Å². The molecule has 186 valence electrons. The number of rotatable bonds is 9. The van der Waals surface area contributed by atoms with Crippen LogP contribution in [0.2, 0.25) is 25.7 Å². The molecule has 2 unspecified atom stereocenters. The first-order valence-corrected chi connectivity index (χ1v) is 16.6. The Morgan fingerprint density at radius 1 is 1.26 bits per heavy atom. The molecule has 6 rings (SSSR count). The number of esters is 1. The largest absolute Gasteiger partial charge is 0.462 e. The van der Waals surface area contributed by atoms with E-state index in [2.05, 4.69) is 29.9 Å². The van der Waals surface area contributed by atoms with E-state index in [-0.39, 0.29) is 12.0 Å². The normalized spacial score (nSPS) is 30.1. The summed E-state index contributed by atoms with van der Waals surface area (Å²) in [6.45, 7) is 10.4. The van der Waals surface area contributed by atoms with Gasteiger partial charge in [-0.2, -0.15) is 0 Å². The molecular formula is C26H39N3O4Si. The first kappa shape index (κ1) is 23.8. The van der Waals surface area contributed by atoms with Crippen molar-refractivity contribution in [3.8, 4) is 0 Å². The highest BCUT2D eigenvalue weighted by Crippen LogP contribution is 2.56. The number of hydrogen-bond donors (Lipinski definition) is 2. The zero-order valence-corrected chi connectivity index (χ0v) is 22.0. The van der Waals surface area contributed by atoms with Crippen LogP contribution in [0.3, 0.4) is 0 Å². The average Bonchev–Trinajstić information content (AvgIpc) is 3.15. The number of nitrogens with zero attached hydrogens (tertiary/aromatic N) is 2. The highest BCUT2D eigenvalue weighted by Gasteiger charge is 2.54. The van der Waals surface area contributed by atoms with Crippen LogP contribution in [0.5, 0.6) is 0 Å². The second-order valence-corrected chi connectivity index (χ2v) is 17.6.